The normalized spacial score (nSPS) is 12.7. The highest BCUT2D eigenvalue weighted by atomic mass is 32.2. The number of hydrogen-bond donors (Lipinski definition) is 2. The standard InChI is InChI=1S/C15H14FN3OS/c1-9-2-3-11(16)6-10(9)8-21(20)15-18-13-5-4-12(17)7-14(13)19-15/h2-7H,8,17H2,1H3,(H,18,19). The number of H-pyrrole nitrogens is 1. The van der Waals surface area contributed by atoms with E-state index >= 15 is 0 Å². The van der Waals surface area contributed by atoms with Gasteiger partial charge in [0.25, 0.3) is 0 Å². The highest BCUT2D eigenvalue weighted by Crippen LogP contribution is 2.19. The molecule has 0 amide bonds. The van der Waals surface area contributed by atoms with Gasteiger partial charge in [-0.05, 0) is 48.4 Å². The molecule has 0 saturated carbocycles. The van der Waals surface area contributed by atoms with E-state index in [1.165, 1.54) is 12.1 Å². The number of anilines is 1. The fourth-order valence-electron chi connectivity index (χ4n) is 2.12. The fraction of sp³-hybridized carbons (Fsp3) is 0.133. The number of nitrogen functional groups attached to an aromatic ring is 1. The molecule has 1 aromatic heterocycles. The Hall–Kier alpha value is -2.21. The summed E-state index contributed by atoms with van der Waals surface area (Å²) in [5.41, 5.74) is 9.40. The third kappa shape index (κ3) is 2.80. The van der Waals surface area contributed by atoms with Crippen molar-refractivity contribution in [2.24, 2.45) is 0 Å². The summed E-state index contributed by atoms with van der Waals surface area (Å²) in [4.78, 5) is 7.30. The summed E-state index contributed by atoms with van der Waals surface area (Å²) in [7, 11) is -1.37. The molecule has 0 bridgehead atoms. The lowest BCUT2D eigenvalue weighted by molar-refractivity contribution is 0.625. The molecule has 0 radical (unpaired) electrons. The van der Waals surface area contributed by atoms with Gasteiger partial charge in [-0.3, -0.25) is 4.21 Å². The van der Waals surface area contributed by atoms with Gasteiger partial charge in [-0.15, -0.1) is 0 Å². The van der Waals surface area contributed by atoms with Gasteiger partial charge in [-0.2, -0.15) is 0 Å². The van der Waals surface area contributed by atoms with E-state index in [0.29, 0.717) is 21.9 Å². The van der Waals surface area contributed by atoms with Gasteiger partial charge in [0, 0.05) is 5.69 Å². The Labute approximate surface area is 123 Å². The maximum atomic E-state index is 13.3. The minimum absolute atomic E-state index is 0.221. The number of aromatic nitrogens is 2. The van der Waals surface area contributed by atoms with E-state index in [2.05, 4.69) is 9.97 Å². The van der Waals surface area contributed by atoms with Crippen molar-refractivity contribution >= 4 is 27.5 Å². The van der Waals surface area contributed by atoms with Crippen molar-refractivity contribution in [1.82, 2.24) is 9.97 Å². The topological polar surface area (TPSA) is 71.8 Å². The monoisotopic (exact) mass is 303 g/mol. The van der Waals surface area contributed by atoms with E-state index in [0.717, 1.165) is 11.1 Å². The summed E-state index contributed by atoms with van der Waals surface area (Å²) in [6, 6.07) is 9.75. The Morgan fingerprint density at radius 2 is 2.10 bits per heavy atom. The first-order valence-electron chi connectivity index (χ1n) is 6.41. The van der Waals surface area contributed by atoms with Gasteiger partial charge in [0.2, 0.25) is 0 Å². The van der Waals surface area contributed by atoms with E-state index in [9.17, 15) is 8.60 Å². The summed E-state index contributed by atoms with van der Waals surface area (Å²) >= 11 is 0. The first-order chi connectivity index (χ1) is 10.0. The molecule has 1 unspecified atom stereocenters. The number of nitrogens with two attached hydrogens (primary N) is 1. The van der Waals surface area contributed by atoms with E-state index < -0.39 is 10.8 Å². The average molecular weight is 303 g/mol. The molecule has 108 valence electrons. The van der Waals surface area contributed by atoms with Crippen LogP contribution in [0.15, 0.2) is 41.6 Å². The van der Waals surface area contributed by atoms with E-state index in [4.69, 9.17) is 5.73 Å². The molecule has 0 aliphatic carbocycles. The number of halogens is 1. The largest absolute Gasteiger partial charge is 0.399 e. The van der Waals surface area contributed by atoms with Gasteiger partial charge in [-0.25, -0.2) is 9.37 Å². The van der Waals surface area contributed by atoms with Crippen LogP contribution in [0.5, 0.6) is 0 Å². The first kappa shape index (κ1) is 13.8. The van der Waals surface area contributed by atoms with Crippen LogP contribution in [0.1, 0.15) is 11.1 Å². The number of benzene rings is 2. The highest BCUT2D eigenvalue weighted by Gasteiger charge is 2.12. The summed E-state index contributed by atoms with van der Waals surface area (Å²) in [5.74, 6) is -0.108. The number of aryl methyl sites for hydroxylation is 1. The zero-order valence-electron chi connectivity index (χ0n) is 11.4. The fourth-order valence-corrected chi connectivity index (χ4v) is 3.27. The predicted octanol–water partition coefficient (Wildman–Crippen LogP) is 2.90. The number of hydrogen-bond acceptors (Lipinski definition) is 3. The summed E-state index contributed by atoms with van der Waals surface area (Å²) in [5, 5.41) is 0.374. The van der Waals surface area contributed by atoms with Crippen LogP contribution >= 0.6 is 0 Å². The van der Waals surface area contributed by atoms with Gasteiger partial charge in [0.1, 0.15) is 5.82 Å². The maximum absolute atomic E-state index is 13.3. The second kappa shape index (κ2) is 5.29. The van der Waals surface area contributed by atoms with E-state index in [1.54, 1.807) is 24.3 Å². The van der Waals surface area contributed by atoms with E-state index in [1.807, 2.05) is 6.92 Å². The minimum atomic E-state index is -1.37. The van der Waals surface area contributed by atoms with Gasteiger partial charge >= 0.3 is 0 Å². The number of aromatic amines is 1. The molecule has 3 rings (SSSR count). The molecule has 6 heteroatoms. The SMILES string of the molecule is Cc1ccc(F)cc1CS(=O)c1nc2ccc(N)cc2[nH]1. The van der Waals surface area contributed by atoms with E-state index in [-0.39, 0.29) is 11.6 Å². The lowest BCUT2D eigenvalue weighted by atomic mass is 10.1. The molecule has 0 aliphatic heterocycles. The van der Waals surface area contributed by atoms with Crippen LogP contribution in [0.3, 0.4) is 0 Å². The van der Waals surface area contributed by atoms with Crippen molar-refractivity contribution in [3.63, 3.8) is 0 Å². The van der Waals surface area contributed by atoms with Gasteiger partial charge in [-0.1, -0.05) is 6.07 Å². The minimum Gasteiger partial charge on any atom is -0.399 e. The predicted molar refractivity (Wildman–Crippen MR) is 81.8 cm³/mol. The van der Waals surface area contributed by atoms with Crippen LogP contribution in [0.4, 0.5) is 10.1 Å². The van der Waals surface area contributed by atoms with Crippen LogP contribution in [0.2, 0.25) is 0 Å². The molecule has 0 fully saturated rings. The number of nitrogens with one attached hydrogen (secondary N) is 1. The maximum Gasteiger partial charge on any atom is 0.197 e. The smallest absolute Gasteiger partial charge is 0.197 e. The Balaban J connectivity index is 1.91. The lowest BCUT2D eigenvalue weighted by Gasteiger charge is -2.04. The zero-order chi connectivity index (χ0) is 15.0. The molecular weight excluding hydrogens is 289 g/mol. The Kier molecular flexibility index (Phi) is 3.47. The molecule has 0 saturated heterocycles. The van der Waals surface area contributed by atoms with Crippen LogP contribution in [-0.4, -0.2) is 14.2 Å². The average Bonchev–Trinajstić information content (AvgIpc) is 2.86. The molecule has 4 nitrogen and oxygen atoms in total. The van der Waals surface area contributed by atoms with Crippen LogP contribution in [0, 0.1) is 12.7 Å². The molecule has 2 aromatic carbocycles. The van der Waals surface area contributed by atoms with Crippen molar-refractivity contribution in [2.45, 2.75) is 17.8 Å². The highest BCUT2D eigenvalue weighted by molar-refractivity contribution is 7.84. The van der Waals surface area contributed by atoms with Gasteiger partial charge in [0.15, 0.2) is 5.16 Å². The zero-order valence-corrected chi connectivity index (χ0v) is 12.2. The third-order valence-corrected chi connectivity index (χ3v) is 4.50. The summed E-state index contributed by atoms with van der Waals surface area (Å²) in [6.45, 7) is 1.87. The number of fused-ring (bicyclic) bond motifs is 1. The van der Waals surface area contributed by atoms with Gasteiger partial charge < -0.3 is 10.7 Å². The van der Waals surface area contributed by atoms with Crippen molar-refractivity contribution in [3.05, 3.63) is 53.3 Å². The molecule has 0 spiro atoms. The molecule has 3 N–H and O–H groups in total. The van der Waals surface area contributed by atoms with Crippen LogP contribution in [0.25, 0.3) is 11.0 Å². The summed E-state index contributed by atoms with van der Waals surface area (Å²) in [6.07, 6.45) is 0. The van der Waals surface area contributed by atoms with Crippen molar-refractivity contribution in [3.8, 4) is 0 Å². The molecular formula is C15H14FN3OS. The molecule has 1 heterocycles. The quantitative estimate of drug-likeness (QED) is 0.731. The number of nitrogens with zero attached hydrogens (tertiary/aromatic N) is 1. The van der Waals surface area contributed by atoms with Crippen molar-refractivity contribution in [2.75, 3.05) is 5.73 Å². The second-order valence-corrected chi connectivity index (χ2v) is 6.25. The lowest BCUT2D eigenvalue weighted by Crippen LogP contribution is -2.01. The Bertz CT molecular complexity index is 844. The molecule has 0 aliphatic rings. The third-order valence-electron chi connectivity index (χ3n) is 3.30. The first-order valence-corrected chi connectivity index (χ1v) is 7.73. The van der Waals surface area contributed by atoms with Crippen LogP contribution < -0.4 is 5.73 Å². The Morgan fingerprint density at radius 3 is 2.90 bits per heavy atom. The molecule has 1 atom stereocenters. The number of imidazole rings is 1. The summed E-state index contributed by atoms with van der Waals surface area (Å²) < 4.78 is 25.7. The van der Waals surface area contributed by atoms with Crippen molar-refractivity contribution in [1.29, 1.82) is 0 Å². The van der Waals surface area contributed by atoms with Gasteiger partial charge in [0.05, 0.1) is 27.6 Å². The van der Waals surface area contributed by atoms with Crippen molar-refractivity contribution < 1.29 is 8.60 Å². The number of rotatable bonds is 3. The second-order valence-electron chi connectivity index (χ2n) is 4.88. The molecule has 21 heavy (non-hydrogen) atoms. The van der Waals surface area contributed by atoms with Crippen LogP contribution in [-0.2, 0) is 16.6 Å². The molecule has 3 aromatic rings. The Morgan fingerprint density at radius 1 is 1.29 bits per heavy atom.